The van der Waals surface area contributed by atoms with Gasteiger partial charge in [0.15, 0.2) is 0 Å². The van der Waals surface area contributed by atoms with Gasteiger partial charge in [0.1, 0.15) is 0 Å². The van der Waals surface area contributed by atoms with Crippen LogP contribution < -0.4 is 0 Å². The van der Waals surface area contributed by atoms with Gasteiger partial charge in [-0.2, -0.15) is 24.9 Å². The van der Waals surface area contributed by atoms with E-state index in [1.54, 1.807) is 11.8 Å². The zero-order chi connectivity index (χ0) is 12.2. The molecule has 1 amide bonds. The van der Waals surface area contributed by atoms with Crippen LogP contribution in [0.25, 0.3) is 0 Å². The van der Waals surface area contributed by atoms with E-state index in [9.17, 15) is 18.0 Å². The number of alkyl halides is 3. The minimum atomic E-state index is -4.79. The molecule has 1 aliphatic rings. The summed E-state index contributed by atoms with van der Waals surface area (Å²) in [6.07, 6.45) is -4.17. The van der Waals surface area contributed by atoms with Crippen molar-refractivity contribution in [2.24, 2.45) is 0 Å². The fourth-order valence-electron chi connectivity index (χ4n) is 1.57. The Labute approximate surface area is 96.3 Å². The Kier molecular flexibility index (Phi) is 4.91. The fraction of sp³-hybridized carbons (Fsp3) is 0.889. The van der Waals surface area contributed by atoms with Crippen molar-refractivity contribution in [3.05, 3.63) is 0 Å². The lowest BCUT2D eigenvalue weighted by Gasteiger charge is -2.28. The number of carbonyl (C=O) groups excluding carboxylic acids is 1. The van der Waals surface area contributed by atoms with Crippen molar-refractivity contribution in [3.8, 4) is 0 Å². The van der Waals surface area contributed by atoms with E-state index < -0.39 is 12.1 Å². The molecule has 0 aliphatic carbocycles. The van der Waals surface area contributed by atoms with Crippen molar-refractivity contribution in [1.29, 1.82) is 0 Å². The molecule has 0 N–H and O–H groups in total. The number of methoxy groups -OCH3 is 1. The van der Waals surface area contributed by atoms with Gasteiger partial charge in [-0.05, 0) is 12.2 Å². The number of hydrogen-bond donors (Lipinski definition) is 0. The van der Waals surface area contributed by atoms with Crippen molar-refractivity contribution in [2.45, 2.75) is 18.6 Å². The fourth-order valence-corrected chi connectivity index (χ4v) is 2.79. The minimum absolute atomic E-state index is 0.0000694. The first-order valence-electron chi connectivity index (χ1n) is 4.91. The Morgan fingerprint density at radius 3 is 2.69 bits per heavy atom. The number of carbonyl (C=O) groups is 1. The number of thioether (sulfide) groups is 1. The summed E-state index contributed by atoms with van der Waals surface area (Å²) < 4.78 is 41.8. The van der Waals surface area contributed by atoms with Crippen LogP contribution in [0.5, 0.6) is 0 Å². The zero-order valence-corrected chi connectivity index (χ0v) is 9.74. The quantitative estimate of drug-likeness (QED) is 0.765. The maximum atomic E-state index is 12.3. The van der Waals surface area contributed by atoms with Crippen LogP contribution in [0.4, 0.5) is 13.2 Å². The van der Waals surface area contributed by atoms with Crippen LogP contribution in [0.2, 0.25) is 0 Å². The van der Waals surface area contributed by atoms with Crippen LogP contribution in [0.1, 0.15) is 6.42 Å². The lowest BCUT2D eigenvalue weighted by atomic mass is 10.2. The van der Waals surface area contributed by atoms with Gasteiger partial charge in [0.25, 0.3) is 0 Å². The number of ether oxygens (including phenoxy) is 1. The van der Waals surface area contributed by atoms with Gasteiger partial charge in [0.2, 0.25) is 0 Å². The number of rotatable bonds is 4. The van der Waals surface area contributed by atoms with Gasteiger partial charge >= 0.3 is 12.1 Å². The SMILES string of the molecule is COCCN(C(=O)C(F)(F)F)C1CCSC1. The summed E-state index contributed by atoms with van der Waals surface area (Å²) in [5.74, 6) is -0.373. The first kappa shape index (κ1) is 13.6. The van der Waals surface area contributed by atoms with E-state index in [1.807, 2.05) is 0 Å². The second-order valence-electron chi connectivity index (χ2n) is 3.51. The van der Waals surface area contributed by atoms with Crippen LogP contribution in [-0.4, -0.2) is 54.8 Å². The van der Waals surface area contributed by atoms with Crippen molar-refractivity contribution in [1.82, 2.24) is 4.90 Å². The highest BCUT2D eigenvalue weighted by Crippen LogP contribution is 2.26. The lowest BCUT2D eigenvalue weighted by Crippen LogP contribution is -2.48. The summed E-state index contributed by atoms with van der Waals surface area (Å²) >= 11 is 1.57. The zero-order valence-electron chi connectivity index (χ0n) is 8.92. The number of nitrogens with zero attached hydrogens (tertiary/aromatic N) is 1. The first-order chi connectivity index (χ1) is 7.46. The van der Waals surface area contributed by atoms with Crippen molar-refractivity contribution >= 4 is 17.7 Å². The van der Waals surface area contributed by atoms with Crippen LogP contribution >= 0.6 is 11.8 Å². The van der Waals surface area contributed by atoms with Crippen LogP contribution in [0.15, 0.2) is 0 Å². The largest absolute Gasteiger partial charge is 0.471 e. The standard InChI is InChI=1S/C9H14F3NO2S/c1-15-4-3-13(7-2-5-16-6-7)8(14)9(10,11)12/h7H,2-6H2,1H3. The molecule has 0 aromatic rings. The van der Waals surface area contributed by atoms with E-state index in [-0.39, 0.29) is 19.2 Å². The molecule has 1 aliphatic heterocycles. The van der Waals surface area contributed by atoms with E-state index in [0.717, 1.165) is 10.7 Å². The van der Waals surface area contributed by atoms with E-state index >= 15 is 0 Å². The van der Waals surface area contributed by atoms with Gasteiger partial charge in [0.05, 0.1) is 6.61 Å². The van der Waals surface area contributed by atoms with Crippen molar-refractivity contribution < 1.29 is 22.7 Å². The summed E-state index contributed by atoms with van der Waals surface area (Å²) in [4.78, 5) is 12.1. The topological polar surface area (TPSA) is 29.5 Å². The predicted octanol–water partition coefficient (Wildman–Crippen LogP) is 1.53. The highest BCUT2D eigenvalue weighted by atomic mass is 32.2. The van der Waals surface area contributed by atoms with Gasteiger partial charge in [-0.15, -0.1) is 0 Å². The molecule has 0 aromatic carbocycles. The predicted molar refractivity (Wildman–Crippen MR) is 55.4 cm³/mol. The second-order valence-corrected chi connectivity index (χ2v) is 4.66. The number of halogens is 3. The molecule has 0 spiro atoms. The van der Waals surface area contributed by atoms with Crippen molar-refractivity contribution in [3.63, 3.8) is 0 Å². The Balaban J connectivity index is 2.65. The molecule has 1 saturated heterocycles. The van der Waals surface area contributed by atoms with Crippen molar-refractivity contribution in [2.75, 3.05) is 31.8 Å². The molecule has 0 saturated carbocycles. The van der Waals surface area contributed by atoms with Gasteiger partial charge < -0.3 is 9.64 Å². The molecule has 3 nitrogen and oxygen atoms in total. The molecule has 0 aromatic heterocycles. The summed E-state index contributed by atoms with van der Waals surface area (Å²) in [7, 11) is 1.40. The highest BCUT2D eigenvalue weighted by Gasteiger charge is 2.44. The third-order valence-electron chi connectivity index (χ3n) is 2.39. The van der Waals surface area contributed by atoms with E-state index in [0.29, 0.717) is 12.2 Å². The molecule has 0 bridgehead atoms. The molecule has 94 valence electrons. The summed E-state index contributed by atoms with van der Waals surface area (Å²) in [5, 5.41) is 0. The Morgan fingerprint density at radius 1 is 1.56 bits per heavy atom. The molecule has 0 radical (unpaired) electrons. The maximum Gasteiger partial charge on any atom is 0.471 e. The van der Waals surface area contributed by atoms with Gasteiger partial charge in [-0.1, -0.05) is 0 Å². The molecule has 1 heterocycles. The minimum Gasteiger partial charge on any atom is -0.383 e. The molecule has 1 rings (SSSR count). The molecular formula is C9H14F3NO2S. The smallest absolute Gasteiger partial charge is 0.383 e. The average molecular weight is 257 g/mol. The maximum absolute atomic E-state index is 12.3. The van der Waals surface area contributed by atoms with E-state index in [2.05, 4.69) is 0 Å². The Bertz CT molecular complexity index is 241. The summed E-state index contributed by atoms with van der Waals surface area (Å²) in [6.45, 7) is 0.128. The summed E-state index contributed by atoms with van der Waals surface area (Å²) in [6, 6.07) is -0.311. The van der Waals surface area contributed by atoms with Crippen LogP contribution in [0.3, 0.4) is 0 Å². The highest BCUT2D eigenvalue weighted by molar-refractivity contribution is 7.99. The normalized spacial score (nSPS) is 21.1. The molecule has 1 atom stereocenters. The number of amides is 1. The second kappa shape index (κ2) is 5.77. The average Bonchev–Trinajstić information content (AvgIpc) is 2.70. The van der Waals surface area contributed by atoms with Crippen LogP contribution in [-0.2, 0) is 9.53 Å². The van der Waals surface area contributed by atoms with Gasteiger partial charge in [-0.3, -0.25) is 4.79 Å². The molecule has 7 heteroatoms. The Hall–Kier alpha value is -0.430. The molecular weight excluding hydrogens is 243 g/mol. The van der Waals surface area contributed by atoms with E-state index in [4.69, 9.17) is 4.74 Å². The van der Waals surface area contributed by atoms with E-state index in [1.165, 1.54) is 7.11 Å². The first-order valence-corrected chi connectivity index (χ1v) is 6.06. The third-order valence-corrected chi connectivity index (χ3v) is 3.53. The number of hydrogen-bond acceptors (Lipinski definition) is 3. The van der Waals surface area contributed by atoms with Gasteiger partial charge in [-0.25, -0.2) is 0 Å². The lowest BCUT2D eigenvalue weighted by molar-refractivity contribution is -0.188. The molecule has 1 unspecified atom stereocenters. The van der Waals surface area contributed by atoms with Gasteiger partial charge in [0, 0.05) is 25.4 Å². The molecule has 16 heavy (non-hydrogen) atoms. The summed E-state index contributed by atoms with van der Waals surface area (Å²) in [5.41, 5.74) is 0. The van der Waals surface area contributed by atoms with Crippen LogP contribution in [0, 0.1) is 0 Å². The Morgan fingerprint density at radius 2 is 2.25 bits per heavy atom. The third kappa shape index (κ3) is 3.55. The monoisotopic (exact) mass is 257 g/mol. The molecule has 1 fully saturated rings.